The number of carbonyl (C=O) groups excluding carboxylic acids is 2. The van der Waals surface area contributed by atoms with Crippen molar-refractivity contribution in [1.29, 1.82) is 0 Å². The molecule has 0 N–H and O–H groups in total. The number of aryl methyl sites for hydroxylation is 1. The molecule has 148 valence electrons. The first kappa shape index (κ1) is 18.4. The van der Waals surface area contributed by atoms with Gasteiger partial charge < -0.3 is 0 Å². The van der Waals surface area contributed by atoms with Crippen molar-refractivity contribution in [2.45, 2.75) is 12.8 Å². The first-order chi connectivity index (χ1) is 14.6. The predicted molar refractivity (Wildman–Crippen MR) is 113 cm³/mol. The molecule has 1 aliphatic rings. The van der Waals surface area contributed by atoms with E-state index in [2.05, 4.69) is 9.97 Å². The number of hydrogen-bond donors (Lipinski definition) is 0. The zero-order valence-corrected chi connectivity index (χ0v) is 16.6. The summed E-state index contributed by atoms with van der Waals surface area (Å²) in [5.41, 5.74) is 1.31. The summed E-state index contributed by atoms with van der Waals surface area (Å²) in [5.74, 6) is 0.00373. The molecule has 0 spiro atoms. The van der Waals surface area contributed by atoms with Crippen LogP contribution in [0.15, 0.2) is 64.9 Å². The standard InChI is InChI=1S/C22H16N4O3S/c27-19-14-6-1-2-7-15(14)20(28)25(19)12-5-10-18-24-17-9-4-3-8-16(17)21(29)26(18)22-23-11-13-30-22/h1-4,6-9,11,13H,5,10,12H2. The number of carbonyl (C=O) groups is 2. The van der Waals surface area contributed by atoms with Gasteiger partial charge in [-0.25, -0.2) is 14.5 Å². The van der Waals surface area contributed by atoms with E-state index < -0.39 is 0 Å². The molecule has 0 unspecified atom stereocenters. The number of aromatic nitrogens is 3. The molecule has 0 saturated carbocycles. The number of amides is 2. The summed E-state index contributed by atoms with van der Waals surface area (Å²) in [6.45, 7) is 0.257. The van der Waals surface area contributed by atoms with E-state index in [9.17, 15) is 14.4 Å². The SMILES string of the molecule is O=C1c2ccccc2C(=O)N1CCCc1nc2ccccc2c(=O)n1-c1nccs1. The zero-order valence-electron chi connectivity index (χ0n) is 15.8. The average molecular weight is 416 g/mol. The monoisotopic (exact) mass is 416 g/mol. The van der Waals surface area contributed by atoms with Crippen LogP contribution in [0.4, 0.5) is 0 Å². The summed E-state index contributed by atoms with van der Waals surface area (Å²) in [4.78, 5) is 48.4. The number of nitrogens with zero attached hydrogens (tertiary/aromatic N) is 4. The van der Waals surface area contributed by atoms with Crippen LogP contribution >= 0.6 is 11.3 Å². The maximum absolute atomic E-state index is 13.1. The molecule has 0 saturated heterocycles. The lowest BCUT2D eigenvalue weighted by atomic mass is 10.1. The fourth-order valence-corrected chi connectivity index (χ4v) is 4.37. The van der Waals surface area contributed by atoms with Crippen molar-refractivity contribution < 1.29 is 9.59 Å². The Labute approximate surface area is 175 Å². The topological polar surface area (TPSA) is 85.2 Å². The lowest BCUT2D eigenvalue weighted by Gasteiger charge is -2.15. The third-order valence-electron chi connectivity index (χ3n) is 5.12. The van der Waals surface area contributed by atoms with Crippen molar-refractivity contribution in [2.75, 3.05) is 6.54 Å². The first-order valence-corrected chi connectivity index (χ1v) is 10.4. The number of benzene rings is 2. The minimum absolute atomic E-state index is 0.175. The molecule has 2 aromatic carbocycles. The fourth-order valence-electron chi connectivity index (χ4n) is 3.71. The predicted octanol–water partition coefficient (Wildman–Crippen LogP) is 3.07. The van der Waals surface area contributed by atoms with Gasteiger partial charge in [0.2, 0.25) is 0 Å². The van der Waals surface area contributed by atoms with Crippen LogP contribution in [0.3, 0.4) is 0 Å². The molecule has 1 aliphatic heterocycles. The molecule has 7 nitrogen and oxygen atoms in total. The van der Waals surface area contributed by atoms with Crippen LogP contribution in [0.5, 0.6) is 0 Å². The highest BCUT2D eigenvalue weighted by Gasteiger charge is 2.34. The number of fused-ring (bicyclic) bond motifs is 2. The van der Waals surface area contributed by atoms with E-state index in [-0.39, 0.29) is 23.9 Å². The average Bonchev–Trinajstić information content (AvgIpc) is 3.37. The van der Waals surface area contributed by atoms with Crippen LogP contribution < -0.4 is 5.56 Å². The smallest absolute Gasteiger partial charge is 0.267 e. The Hall–Kier alpha value is -3.65. The number of para-hydroxylation sites is 1. The van der Waals surface area contributed by atoms with Gasteiger partial charge in [-0.2, -0.15) is 0 Å². The third kappa shape index (κ3) is 2.93. The number of hydrogen-bond acceptors (Lipinski definition) is 6. The molecule has 0 aliphatic carbocycles. The Morgan fingerprint density at radius 2 is 1.60 bits per heavy atom. The van der Waals surface area contributed by atoms with Crippen molar-refractivity contribution in [2.24, 2.45) is 0 Å². The Balaban J connectivity index is 1.44. The molecule has 4 aromatic rings. The van der Waals surface area contributed by atoms with Crippen LogP contribution in [0, 0.1) is 0 Å². The molecule has 0 fully saturated rings. The number of imide groups is 1. The fraction of sp³-hybridized carbons (Fsp3) is 0.136. The van der Waals surface area contributed by atoms with Gasteiger partial charge in [-0.15, -0.1) is 11.3 Å². The van der Waals surface area contributed by atoms with E-state index in [1.54, 1.807) is 54.0 Å². The lowest BCUT2D eigenvalue weighted by molar-refractivity contribution is 0.0652. The van der Waals surface area contributed by atoms with Gasteiger partial charge in [0.15, 0.2) is 5.13 Å². The maximum Gasteiger partial charge on any atom is 0.267 e. The minimum atomic E-state index is -0.278. The number of thiazole rings is 1. The van der Waals surface area contributed by atoms with Crippen molar-refractivity contribution in [3.8, 4) is 5.13 Å². The Bertz CT molecular complexity index is 1310. The Morgan fingerprint density at radius 1 is 0.900 bits per heavy atom. The van der Waals surface area contributed by atoms with Crippen LogP contribution in [-0.2, 0) is 6.42 Å². The van der Waals surface area contributed by atoms with E-state index in [0.717, 1.165) is 0 Å². The summed E-state index contributed by atoms with van der Waals surface area (Å²) >= 11 is 1.36. The molecule has 0 radical (unpaired) electrons. The quantitative estimate of drug-likeness (QED) is 0.467. The van der Waals surface area contributed by atoms with Crippen molar-refractivity contribution >= 4 is 34.1 Å². The minimum Gasteiger partial charge on any atom is -0.274 e. The maximum atomic E-state index is 13.1. The molecule has 30 heavy (non-hydrogen) atoms. The van der Waals surface area contributed by atoms with Crippen LogP contribution in [0.25, 0.3) is 16.0 Å². The second kappa shape index (κ2) is 7.31. The largest absolute Gasteiger partial charge is 0.274 e. The van der Waals surface area contributed by atoms with E-state index >= 15 is 0 Å². The summed E-state index contributed by atoms with van der Waals surface area (Å²) < 4.78 is 1.52. The van der Waals surface area contributed by atoms with Gasteiger partial charge in [-0.1, -0.05) is 24.3 Å². The van der Waals surface area contributed by atoms with Gasteiger partial charge in [-0.05, 0) is 30.7 Å². The van der Waals surface area contributed by atoms with E-state index in [1.165, 1.54) is 20.8 Å². The molecule has 8 heteroatoms. The molecular weight excluding hydrogens is 400 g/mol. The summed E-state index contributed by atoms with van der Waals surface area (Å²) in [6.07, 6.45) is 2.55. The van der Waals surface area contributed by atoms with Gasteiger partial charge >= 0.3 is 0 Å². The molecule has 2 aromatic heterocycles. The third-order valence-corrected chi connectivity index (χ3v) is 5.87. The summed E-state index contributed by atoms with van der Waals surface area (Å²) in [7, 11) is 0. The Morgan fingerprint density at radius 3 is 2.30 bits per heavy atom. The second-order valence-electron chi connectivity index (χ2n) is 6.91. The van der Waals surface area contributed by atoms with Gasteiger partial charge in [0.05, 0.1) is 22.0 Å². The van der Waals surface area contributed by atoms with Crippen molar-refractivity contribution in [1.82, 2.24) is 19.4 Å². The zero-order chi connectivity index (χ0) is 20.7. The van der Waals surface area contributed by atoms with Crippen LogP contribution in [0.1, 0.15) is 33.0 Å². The molecule has 2 amide bonds. The van der Waals surface area contributed by atoms with E-state index in [4.69, 9.17) is 0 Å². The Kier molecular flexibility index (Phi) is 4.48. The highest BCUT2D eigenvalue weighted by atomic mass is 32.1. The molecule has 5 rings (SSSR count). The van der Waals surface area contributed by atoms with Crippen LogP contribution in [-0.4, -0.2) is 37.8 Å². The first-order valence-electron chi connectivity index (χ1n) is 9.51. The van der Waals surface area contributed by atoms with E-state index in [0.29, 0.717) is 45.8 Å². The van der Waals surface area contributed by atoms with Gasteiger partial charge in [0, 0.05) is 24.5 Å². The lowest BCUT2D eigenvalue weighted by Crippen LogP contribution is -2.31. The van der Waals surface area contributed by atoms with Gasteiger partial charge in [0.1, 0.15) is 5.82 Å². The second-order valence-corrected chi connectivity index (χ2v) is 7.78. The molecule has 3 heterocycles. The molecule has 0 atom stereocenters. The molecule has 0 bridgehead atoms. The van der Waals surface area contributed by atoms with Crippen molar-refractivity contribution in [3.63, 3.8) is 0 Å². The van der Waals surface area contributed by atoms with Crippen molar-refractivity contribution in [3.05, 3.63) is 87.4 Å². The summed E-state index contributed by atoms with van der Waals surface area (Å²) in [6, 6.07) is 14.0. The normalized spacial score (nSPS) is 13.3. The highest BCUT2D eigenvalue weighted by Crippen LogP contribution is 2.23. The van der Waals surface area contributed by atoms with Gasteiger partial charge in [0.25, 0.3) is 17.4 Å². The number of rotatable bonds is 5. The highest BCUT2D eigenvalue weighted by molar-refractivity contribution is 7.12. The molecular formula is C22H16N4O3S. The van der Waals surface area contributed by atoms with Gasteiger partial charge in [-0.3, -0.25) is 19.3 Å². The van der Waals surface area contributed by atoms with E-state index in [1.807, 2.05) is 6.07 Å². The summed E-state index contributed by atoms with van der Waals surface area (Å²) in [5, 5.41) is 2.88. The van der Waals surface area contributed by atoms with Crippen LogP contribution in [0.2, 0.25) is 0 Å².